The second-order valence-electron chi connectivity index (χ2n) is 10.3. The maximum Gasteiger partial charge on any atom is 0.000744 e. The van der Waals surface area contributed by atoms with E-state index in [2.05, 4.69) is 40.0 Å². The van der Waals surface area contributed by atoms with Crippen LogP contribution in [-0.2, 0) is 0 Å². The molecule has 170 valence electrons. The molecule has 1 nitrogen and oxygen atoms in total. The predicted octanol–water partition coefficient (Wildman–Crippen LogP) is 9.49. The van der Waals surface area contributed by atoms with Gasteiger partial charge in [-0.15, -0.1) is 6.58 Å². The average molecular weight is 404 g/mol. The first-order valence-corrected chi connectivity index (χ1v) is 12.4. The van der Waals surface area contributed by atoms with E-state index in [1.807, 2.05) is 13.8 Å². The largest absolute Gasteiger partial charge is 0.403 e. The summed E-state index contributed by atoms with van der Waals surface area (Å²) in [5.41, 5.74) is 9.85. The molecule has 0 aromatic carbocycles. The number of rotatable bonds is 11. The maximum atomic E-state index is 5.51. The molecular formula is C28H53N. The Labute approximate surface area is 184 Å². The quantitative estimate of drug-likeness (QED) is 0.270. The lowest BCUT2D eigenvalue weighted by Gasteiger charge is -2.43. The number of hydrogen-bond donors (Lipinski definition) is 1. The second kappa shape index (κ2) is 16.8. The van der Waals surface area contributed by atoms with Crippen molar-refractivity contribution < 1.29 is 0 Å². The monoisotopic (exact) mass is 403 g/mol. The van der Waals surface area contributed by atoms with Crippen LogP contribution in [0.4, 0.5) is 0 Å². The Kier molecular flexibility index (Phi) is 16.2. The molecule has 3 aliphatic carbocycles. The Morgan fingerprint density at radius 1 is 0.966 bits per heavy atom. The Balaban J connectivity index is 0.000000476. The van der Waals surface area contributed by atoms with Gasteiger partial charge in [-0.05, 0) is 70.6 Å². The molecule has 0 saturated heterocycles. The lowest BCUT2D eigenvalue weighted by molar-refractivity contribution is 0.0852. The van der Waals surface area contributed by atoms with E-state index in [-0.39, 0.29) is 0 Å². The van der Waals surface area contributed by atoms with E-state index < -0.39 is 0 Å². The molecule has 3 aliphatic rings. The smallest absolute Gasteiger partial charge is 0.000744 e. The average Bonchev–Trinajstić information content (AvgIpc) is 2.83. The van der Waals surface area contributed by atoms with Crippen molar-refractivity contribution in [2.75, 3.05) is 0 Å². The van der Waals surface area contributed by atoms with Gasteiger partial charge in [0.1, 0.15) is 0 Å². The molecule has 0 amide bonds. The minimum absolute atomic E-state index is 0.710. The molecule has 0 aromatic heterocycles. The van der Waals surface area contributed by atoms with Crippen molar-refractivity contribution in [2.45, 2.75) is 131 Å². The van der Waals surface area contributed by atoms with Crippen LogP contribution >= 0.6 is 0 Å². The summed E-state index contributed by atoms with van der Waals surface area (Å²) in [6, 6.07) is 0. The topological polar surface area (TPSA) is 26.0 Å². The van der Waals surface area contributed by atoms with Crippen LogP contribution < -0.4 is 5.73 Å². The fourth-order valence-electron chi connectivity index (χ4n) is 4.60. The Morgan fingerprint density at radius 2 is 1.41 bits per heavy atom. The first-order chi connectivity index (χ1) is 13.7. The Hall–Kier alpha value is -0.980. The van der Waals surface area contributed by atoms with Crippen LogP contribution in [0.25, 0.3) is 0 Å². The zero-order valence-electron chi connectivity index (χ0n) is 20.8. The van der Waals surface area contributed by atoms with Gasteiger partial charge in [-0.2, -0.15) is 0 Å². The van der Waals surface area contributed by atoms with Crippen LogP contribution in [0.2, 0.25) is 0 Å². The summed E-state index contributed by atoms with van der Waals surface area (Å²) in [5, 5.41) is 0. The summed E-state index contributed by atoms with van der Waals surface area (Å²) in [7, 11) is 0. The summed E-state index contributed by atoms with van der Waals surface area (Å²) in [6.07, 6.45) is 23.0. The third kappa shape index (κ3) is 17.6. The highest BCUT2D eigenvalue weighted by Crippen LogP contribution is 2.52. The summed E-state index contributed by atoms with van der Waals surface area (Å²) in [4.78, 5) is 0. The second-order valence-corrected chi connectivity index (χ2v) is 10.3. The summed E-state index contributed by atoms with van der Waals surface area (Å²) < 4.78 is 0. The maximum absolute atomic E-state index is 5.51. The van der Waals surface area contributed by atoms with Crippen LogP contribution in [0.15, 0.2) is 36.1 Å². The fourth-order valence-corrected chi connectivity index (χ4v) is 4.60. The van der Waals surface area contributed by atoms with Crippen LogP contribution in [0, 0.1) is 11.3 Å². The molecule has 0 aliphatic heterocycles. The number of fused-ring (bicyclic) bond motifs is 2. The lowest BCUT2D eigenvalue weighted by atomic mass is 9.62. The van der Waals surface area contributed by atoms with Crippen LogP contribution in [0.1, 0.15) is 131 Å². The molecule has 0 aromatic rings. The van der Waals surface area contributed by atoms with Crippen molar-refractivity contribution in [3.8, 4) is 0 Å². The summed E-state index contributed by atoms with van der Waals surface area (Å²) in [6.45, 7) is 18.2. The number of hydrogen-bond acceptors (Lipinski definition) is 1. The van der Waals surface area contributed by atoms with Gasteiger partial charge in [0.2, 0.25) is 0 Å². The minimum Gasteiger partial charge on any atom is -0.403 e. The number of allylic oxidation sites excluding steroid dienone is 4. The van der Waals surface area contributed by atoms with Gasteiger partial charge in [0.25, 0.3) is 0 Å². The van der Waals surface area contributed by atoms with Crippen molar-refractivity contribution in [1.82, 2.24) is 0 Å². The standard InChI is InChI=1S/C14H29N.C10H16.C4H8/c1-3-4-5-6-7-8-9-10-11-12-13-14(2)15;1-8-3-4-9-6-10(2,5-8)7-9;1-4(2)3/h2-13,15H2,1H3;3,9H,4-7H2,1-2H3;1H2,2-3H3. The van der Waals surface area contributed by atoms with Gasteiger partial charge >= 0.3 is 0 Å². The zero-order valence-corrected chi connectivity index (χ0v) is 20.8. The Morgan fingerprint density at radius 3 is 1.86 bits per heavy atom. The van der Waals surface area contributed by atoms with E-state index in [0.29, 0.717) is 5.41 Å². The van der Waals surface area contributed by atoms with Crippen LogP contribution in [0.3, 0.4) is 0 Å². The van der Waals surface area contributed by atoms with E-state index in [1.165, 1.54) is 95.5 Å². The van der Waals surface area contributed by atoms with Gasteiger partial charge in [-0.25, -0.2) is 0 Å². The highest BCUT2D eigenvalue weighted by molar-refractivity contribution is 5.11. The molecule has 2 N–H and O–H groups in total. The third-order valence-electron chi connectivity index (χ3n) is 5.92. The molecule has 0 radical (unpaired) electrons. The molecule has 0 heterocycles. The van der Waals surface area contributed by atoms with Gasteiger partial charge in [-0.1, -0.05) is 95.4 Å². The number of unbranched alkanes of at least 4 members (excludes halogenated alkanes) is 9. The Bertz CT molecular complexity index is 461. The van der Waals surface area contributed by atoms with Crippen molar-refractivity contribution in [3.63, 3.8) is 0 Å². The third-order valence-corrected chi connectivity index (χ3v) is 5.92. The zero-order chi connectivity index (χ0) is 22.1. The predicted molar refractivity (Wildman–Crippen MR) is 134 cm³/mol. The molecule has 0 atom stereocenters. The number of nitrogens with two attached hydrogens (primary N) is 1. The van der Waals surface area contributed by atoms with Crippen molar-refractivity contribution in [1.29, 1.82) is 0 Å². The molecule has 2 bridgehead atoms. The van der Waals surface area contributed by atoms with Gasteiger partial charge in [0.15, 0.2) is 0 Å². The summed E-state index contributed by atoms with van der Waals surface area (Å²) in [5.74, 6) is 1.04. The highest BCUT2D eigenvalue weighted by Gasteiger charge is 2.40. The van der Waals surface area contributed by atoms with E-state index in [1.54, 1.807) is 5.57 Å². The van der Waals surface area contributed by atoms with Gasteiger partial charge in [0.05, 0.1) is 0 Å². The van der Waals surface area contributed by atoms with E-state index in [4.69, 9.17) is 5.73 Å². The van der Waals surface area contributed by atoms with Gasteiger partial charge in [0, 0.05) is 5.70 Å². The van der Waals surface area contributed by atoms with Crippen molar-refractivity contribution in [3.05, 3.63) is 36.1 Å². The molecule has 0 spiro atoms. The van der Waals surface area contributed by atoms with Crippen LogP contribution in [0.5, 0.6) is 0 Å². The molecule has 1 fully saturated rings. The molecule has 1 saturated carbocycles. The van der Waals surface area contributed by atoms with Crippen LogP contribution in [-0.4, -0.2) is 0 Å². The molecule has 3 rings (SSSR count). The highest BCUT2D eigenvalue weighted by atomic mass is 14.5. The first-order valence-electron chi connectivity index (χ1n) is 12.4. The normalized spacial score (nSPS) is 22.0. The molecule has 1 heteroatoms. The molecular weight excluding hydrogens is 350 g/mol. The lowest BCUT2D eigenvalue weighted by Crippen LogP contribution is -2.32. The SMILES string of the molecule is C=C(C)C.C=C(N)CCCCCCCCCCCC.CC1=CCC2CC(C)(C1)C2. The molecule has 0 unspecified atom stereocenters. The first kappa shape index (κ1) is 28.0. The summed E-state index contributed by atoms with van der Waals surface area (Å²) >= 11 is 0. The van der Waals surface area contributed by atoms with Gasteiger partial charge in [-0.3, -0.25) is 0 Å². The fraction of sp³-hybridized carbons (Fsp3) is 0.786. The van der Waals surface area contributed by atoms with Gasteiger partial charge < -0.3 is 5.73 Å². The molecule has 29 heavy (non-hydrogen) atoms. The van der Waals surface area contributed by atoms with E-state index in [0.717, 1.165) is 18.0 Å². The minimum atomic E-state index is 0.710. The van der Waals surface area contributed by atoms with E-state index >= 15 is 0 Å². The van der Waals surface area contributed by atoms with Crippen molar-refractivity contribution in [2.24, 2.45) is 17.1 Å². The van der Waals surface area contributed by atoms with Crippen molar-refractivity contribution >= 4 is 0 Å². The van der Waals surface area contributed by atoms with E-state index in [9.17, 15) is 0 Å².